The summed E-state index contributed by atoms with van der Waals surface area (Å²) in [6.07, 6.45) is 6.06. The molecule has 7 heteroatoms. The van der Waals surface area contributed by atoms with Crippen LogP contribution in [0.2, 0.25) is 0 Å². The SMILES string of the molecule is CCCCNc1ccc(C(=O)OCCOCCOCCOC(=O)C(CC)CCCC)cc1. The lowest BCUT2D eigenvalue weighted by Crippen LogP contribution is -2.20. The maximum Gasteiger partial charge on any atom is 0.338 e. The highest BCUT2D eigenvalue weighted by molar-refractivity contribution is 5.89. The Labute approximate surface area is 193 Å². The van der Waals surface area contributed by atoms with Gasteiger partial charge in [0.05, 0.1) is 37.9 Å². The van der Waals surface area contributed by atoms with Crippen LogP contribution in [-0.4, -0.2) is 58.1 Å². The standard InChI is InChI=1S/C25H41NO6/c1-4-7-9-21(6-3)24(27)31-19-17-29-15-16-30-18-20-32-25(28)22-10-12-23(13-11-22)26-14-8-5-2/h10-13,21,26H,4-9,14-20H2,1-3H3. The van der Waals surface area contributed by atoms with E-state index in [1.165, 1.54) is 0 Å². The summed E-state index contributed by atoms with van der Waals surface area (Å²) in [6, 6.07) is 7.27. The van der Waals surface area contributed by atoms with Crippen molar-refractivity contribution < 1.29 is 28.5 Å². The summed E-state index contributed by atoms with van der Waals surface area (Å²) >= 11 is 0. The monoisotopic (exact) mass is 451 g/mol. The Morgan fingerprint density at radius 1 is 0.812 bits per heavy atom. The van der Waals surface area contributed by atoms with Gasteiger partial charge in [-0.25, -0.2) is 4.79 Å². The zero-order chi connectivity index (χ0) is 23.4. The van der Waals surface area contributed by atoms with Gasteiger partial charge in [-0.05, 0) is 43.5 Å². The number of hydrogen-bond donors (Lipinski definition) is 1. The Morgan fingerprint density at radius 2 is 1.41 bits per heavy atom. The van der Waals surface area contributed by atoms with Gasteiger partial charge >= 0.3 is 11.9 Å². The van der Waals surface area contributed by atoms with E-state index in [4.69, 9.17) is 18.9 Å². The van der Waals surface area contributed by atoms with Gasteiger partial charge in [-0.1, -0.05) is 40.0 Å². The van der Waals surface area contributed by atoms with E-state index < -0.39 is 0 Å². The Hall–Kier alpha value is -2.12. The van der Waals surface area contributed by atoms with Crippen molar-refractivity contribution in [3.8, 4) is 0 Å². The van der Waals surface area contributed by atoms with Crippen LogP contribution in [0.5, 0.6) is 0 Å². The van der Waals surface area contributed by atoms with Gasteiger partial charge in [0, 0.05) is 12.2 Å². The summed E-state index contributed by atoms with van der Waals surface area (Å²) in [5.74, 6) is -0.512. The molecule has 1 unspecified atom stereocenters. The van der Waals surface area contributed by atoms with Crippen LogP contribution in [0.3, 0.4) is 0 Å². The van der Waals surface area contributed by atoms with E-state index in [0.717, 1.165) is 50.8 Å². The molecule has 1 aromatic rings. The number of unbranched alkanes of at least 4 members (excludes halogenated alkanes) is 2. The van der Waals surface area contributed by atoms with Crippen LogP contribution in [0.1, 0.15) is 69.7 Å². The number of ether oxygens (including phenoxy) is 4. The van der Waals surface area contributed by atoms with Crippen molar-refractivity contribution in [1.29, 1.82) is 0 Å². The average Bonchev–Trinajstić information content (AvgIpc) is 2.81. The molecule has 7 nitrogen and oxygen atoms in total. The van der Waals surface area contributed by atoms with Crippen molar-refractivity contribution >= 4 is 17.6 Å². The zero-order valence-electron chi connectivity index (χ0n) is 20.0. The lowest BCUT2D eigenvalue weighted by Gasteiger charge is -2.13. The average molecular weight is 452 g/mol. The molecule has 0 fully saturated rings. The summed E-state index contributed by atoms with van der Waals surface area (Å²) in [5, 5.41) is 3.31. The molecule has 0 amide bonds. The quantitative estimate of drug-likeness (QED) is 0.238. The number of rotatable bonds is 19. The molecule has 0 spiro atoms. The molecule has 1 rings (SSSR count). The molecule has 1 N–H and O–H groups in total. The summed E-state index contributed by atoms with van der Waals surface area (Å²) in [5.41, 5.74) is 1.51. The number of esters is 2. The van der Waals surface area contributed by atoms with E-state index in [2.05, 4.69) is 19.2 Å². The van der Waals surface area contributed by atoms with Crippen LogP contribution in [0.4, 0.5) is 5.69 Å². The van der Waals surface area contributed by atoms with E-state index in [1.807, 2.05) is 19.1 Å². The van der Waals surface area contributed by atoms with Crippen LogP contribution in [0, 0.1) is 5.92 Å². The van der Waals surface area contributed by atoms with Gasteiger partial charge in [-0.3, -0.25) is 4.79 Å². The van der Waals surface area contributed by atoms with Crippen molar-refractivity contribution in [2.45, 2.75) is 59.3 Å². The lowest BCUT2D eigenvalue weighted by atomic mass is 10.00. The Bertz CT molecular complexity index is 619. The summed E-state index contributed by atoms with van der Waals surface area (Å²) in [6.45, 7) is 9.06. The first-order valence-electron chi connectivity index (χ1n) is 11.9. The second kappa shape index (κ2) is 18.5. The van der Waals surface area contributed by atoms with E-state index in [1.54, 1.807) is 12.1 Å². The van der Waals surface area contributed by atoms with Gasteiger partial charge in [0.15, 0.2) is 0 Å². The van der Waals surface area contributed by atoms with Crippen LogP contribution in [0.15, 0.2) is 24.3 Å². The molecule has 182 valence electrons. The molecule has 0 saturated heterocycles. The number of hydrogen-bond acceptors (Lipinski definition) is 7. The van der Waals surface area contributed by atoms with Crippen molar-refractivity contribution in [3.05, 3.63) is 29.8 Å². The van der Waals surface area contributed by atoms with Crippen LogP contribution in [0.25, 0.3) is 0 Å². The maximum atomic E-state index is 12.0. The largest absolute Gasteiger partial charge is 0.463 e. The normalized spacial score (nSPS) is 11.7. The fourth-order valence-electron chi connectivity index (χ4n) is 2.99. The molecule has 0 aliphatic carbocycles. The number of anilines is 1. The number of nitrogens with one attached hydrogen (secondary N) is 1. The van der Waals surface area contributed by atoms with Crippen LogP contribution >= 0.6 is 0 Å². The van der Waals surface area contributed by atoms with Gasteiger partial charge in [0.2, 0.25) is 0 Å². The number of carbonyl (C=O) groups excluding carboxylic acids is 2. The molecule has 0 heterocycles. The van der Waals surface area contributed by atoms with Crippen molar-refractivity contribution in [2.75, 3.05) is 51.5 Å². The van der Waals surface area contributed by atoms with E-state index in [-0.39, 0.29) is 31.1 Å². The minimum atomic E-state index is -0.365. The minimum absolute atomic E-state index is 0.0126. The molecule has 1 atom stereocenters. The molecule has 32 heavy (non-hydrogen) atoms. The minimum Gasteiger partial charge on any atom is -0.463 e. The van der Waals surface area contributed by atoms with E-state index in [9.17, 15) is 9.59 Å². The Kier molecular flexibility index (Phi) is 16.1. The van der Waals surface area contributed by atoms with Crippen molar-refractivity contribution in [1.82, 2.24) is 0 Å². The maximum absolute atomic E-state index is 12.0. The van der Waals surface area contributed by atoms with E-state index >= 15 is 0 Å². The van der Waals surface area contributed by atoms with Crippen LogP contribution in [-0.2, 0) is 23.7 Å². The smallest absolute Gasteiger partial charge is 0.338 e. The highest BCUT2D eigenvalue weighted by Gasteiger charge is 2.16. The molecular weight excluding hydrogens is 410 g/mol. The van der Waals surface area contributed by atoms with Gasteiger partial charge in [0.1, 0.15) is 13.2 Å². The molecule has 0 bridgehead atoms. The van der Waals surface area contributed by atoms with E-state index in [0.29, 0.717) is 32.0 Å². The third-order valence-electron chi connectivity index (χ3n) is 5.02. The van der Waals surface area contributed by atoms with Crippen LogP contribution < -0.4 is 5.32 Å². The Morgan fingerprint density at radius 3 is 2.00 bits per heavy atom. The third-order valence-corrected chi connectivity index (χ3v) is 5.02. The number of benzene rings is 1. The van der Waals surface area contributed by atoms with Gasteiger partial charge < -0.3 is 24.3 Å². The second-order valence-corrected chi connectivity index (χ2v) is 7.63. The summed E-state index contributed by atoms with van der Waals surface area (Å²) in [4.78, 5) is 24.0. The summed E-state index contributed by atoms with van der Waals surface area (Å²) in [7, 11) is 0. The summed E-state index contributed by atoms with van der Waals surface area (Å²) < 4.78 is 21.3. The molecular formula is C25H41NO6. The first kappa shape index (κ1) is 27.9. The predicted octanol–water partition coefficient (Wildman–Crippen LogP) is 4.85. The first-order valence-corrected chi connectivity index (χ1v) is 11.9. The molecule has 0 aliphatic rings. The second-order valence-electron chi connectivity index (χ2n) is 7.63. The van der Waals surface area contributed by atoms with Gasteiger partial charge in [-0.2, -0.15) is 0 Å². The fourth-order valence-corrected chi connectivity index (χ4v) is 2.99. The topological polar surface area (TPSA) is 83.1 Å². The number of carbonyl (C=O) groups is 2. The lowest BCUT2D eigenvalue weighted by molar-refractivity contribution is -0.150. The highest BCUT2D eigenvalue weighted by atomic mass is 16.6. The highest BCUT2D eigenvalue weighted by Crippen LogP contribution is 2.14. The van der Waals surface area contributed by atoms with Gasteiger partial charge in [0.25, 0.3) is 0 Å². The molecule has 0 aromatic heterocycles. The van der Waals surface area contributed by atoms with Crippen molar-refractivity contribution in [2.24, 2.45) is 5.92 Å². The molecule has 0 radical (unpaired) electrons. The molecule has 1 aromatic carbocycles. The van der Waals surface area contributed by atoms with Crippen molar-refractivity contribution in [3.63, 3.8) is 0 Å². The first-order chi connectivity index (χ1) is 15.6. The fraction of sp³-hybridized carbons (Fsp3) is 0.680. The predicted molar refractivity (Wildman–Crippen MR) is 126 cm³/mol. The molecule has 0 aliphatic heterocycles. The Balaban J connectivity index is 2.02. The zero-order valence-corrected chi connectivity index (χ0v) is 20.0. The van der Waals surface area contributed by atoms with Gasteiger partial charge in [-0.15, -0.1) is 0 Å². The third kappa shape index (κ3) is 12.7. The molecule has 0 saturated carbocycles.